The van der Waals surface area contributed by atoms with Gasteiger partial charge in [-0.2, -0.15) is 0 Å². The maximum absolute atomic E-state index is 14.0. The van der Waals surface area contributed by atoms with Gasteiger partial charge in [-0.1, -0.05) is 109 Å². The molecule has 1 fully saturated rings. The molecular formula is C38H59N3O6. The van der Waals surface area contributed by atoms with Crippen molar-refractivity contribution in [3.8, 4) is 0 Å². The third kappa shape index (κ3) is 12.4. The van der Waals surface area contributed by atoms with Gasteiger partial charge >= 0.3 is 6.09 Å². The molecule has 9 nitrogen and oxygen atoms in total. The van der Waals surface area contributed by atoms with Crippen molar-refractivity contribution in [1.82, 2.24) is 16.0 Å². The van der Waals surface area contributed by atoms with Crippen LogP contribution in [0.25, 0.3) is 10.8 Å². The lowest BCUT2D eigenvalue weighted by Crippen LogP contribution is -2.59. The number of carbonyl (C=O) groups is 3. The highest BCUT2D eigenvalue weighted by Gasteiger charge is 2.35. The Kier molecular flexibility index (Phi) is 14.5. The highest BCUT2D eigenvalue weighted by atomic mass is 16.6. The van der Waals surface area contributed by atoms with Crippen LogP contribution < -0.4 is 16.0 Å². The first-order valence-electron chi connectivity index (χ1n) is 17.6. The van der Waals surface area contributed by atoms with E-state index in [-0.39, 0.29) is 17.8 Å². The largest absolute Gasteiger partial charge is 0.444 e. The van der Waals surface area contributed by atoms with E-state index in [2.05, 4.69) is 16.0 Å². The zero-order chi connectivity index (χ0) is 34.7. The van der Waals surface area contributed by atoms with Crippen LogP contribution in [0.15, 0.2) is 42.5 Å². The summed E-state index contributed by atoms with van der Waals surface area (Å²) in [5, 5.41) is 33.2. The summed E-state index contributed by atoms with van der Waals surface area (Å²) in [6.07, 6.45) is 4.11. The van der Waals surface area contributed by atoms with Crippen molar-refractivity contribution in [2.75, 3.05) is 0 Å². The monoisotopic (exact) mass is 653 g/mol. The molecule has 0 aliphatic heterocycles. The van der Waals surface area contributed by atoms with Crippen LogP contribution in [0.4, 0.5) is 4.79 Å². The Labute approximate surface area is 281 Å². The summed E-state index contributed by atoms with van der Waals surface area (Å²) >= 11 is 0. The lowest BCUT2D eigenvalue weighted by molar-refractivity contribution is -0.132. The Hall–Kier alpha value is -3.17. The van der Waals surface area contributed by atoms with Crippen molar-refractivity contribution in [1.29, 1.82) is 0 Å². The number of fused-ring (bicyclic) bond motifs is 1. The van der Waals surface area contributed by atoms with Gasteiger partial charge in [-0.3, -0.25) is 9.59 Å². The first-order valence-corrected chi connectivity index (χ1v) is 17.6. The van der Waals surface area contributed by atoms with Crippen LogP contribution in [0.5, 0.6) is 0 Å². The maximum Gasteiger partial charge on any atom is 0.408 e. The second-order valence-electron chi connectivity index (χ2n) is 15.0. The molecule has 0 radical (unpaired) electrons. The number of alkyl carbamates (subject to hydrolysis) is 1. The molecule has 6 atom stereocenters. The first kappa shape index (κ1) is 38.3. The maximum atomic E-state index is 14.0. The second-order valence-corrected chi connectivity index (χ2v) is 15.0. The Bertz CT molecular complexity index is 1300. The summed E-state index contributed by atoms with van der Waals surface area (Å²) in [7, 11) is 0. The number of ether oxygens (including phenoxy) is 1. The van der Waals surface area contributed by atoms with Crippen LogP contribution in [0.1, 0.15) is 105 Å². The minimum atomic E-state index is -1.23. The minimum Gasteiger partial charge on any atom is -0.444 e. The van der Waals surface area contributed by atoms with Gasteiger partial charge < -0.3 is 30.9 Å². The molecule has 0 bridgehead atoms. The normalized spacial score (nSPS) is 18.1. The van der Waals surface area contributed by atoms with Crippen molar-refractivity contribution in [2.45, 2.75) is 142 Å². The predicted octanol–water partition coefficient (Wildman–Crippen LogP) is 6.03. The Morgan fingerprint density at radius 1 is 0.894 bits per heavy atom. The lowest BCUT2D eigenvalue weighted by Gasteiger charge is -2.33. The number of aliphatic hydroxyl groups excluding tert-OH is 2. The SMILES string of the molecule is CCC(C)[C@H](NC(=O)[C@H](CC1CCCCC1)NC(=O)OC(C)(C)C)C(=O)N[C@@H](Cc1ccc2ccccc2c1)[C@@H](O)[C@@H](O)CC(C)C. The summed E-state index contributed by atoms with van der Waals surface area (Å²) in [5.74, 6) is -0.692. The third-order valence-electron chi connectivity index (χ3n) is 9.21. The number of nitrogens with one attached hydrogen (secondary N) is 3. The van der Waals surface area contributed by atoms with Crippen LogP contribution in [0, 0.1) is 17.8 Å². The molecule has 0 aromatic heterocycles. The lowest BCUT2D eigenvalue weighted by atomic mass is 9.84. The molecular weight excluding hydrogens is 594 g/mol. The van der Waals surface area contributed by atoms with Gasteiger partial charge in [-0.15, -0.1) is 0 Å². The average Bonchev–Trinajstić information content (AvgIpc) is 3.01. The van der Waals surface area contributed by atoms with Crippen molar-refractivity contribution in [3.63, 3.8) is 0 Å². The van der Waals surface area contributed by atoms with E-state index in [0.29, 0.717) is 25.7 Å². The number of rotatable bonds is 15. The summed E-state index contributed by atoms with van der Waals surface area (Å²) in [6, 6.07) is 11.4. The van der Waals surface area contributed by atoms with Crippen molar-refractivity contribution >= 4 is 28.7 Å². The van der Waals surface area contributed by atoms with Crippen molar-refractivity contribution in [3.05, 3.63) is 48.0 Å². The minimum absolute atomic E-state index is 0.141. The number of aliphatic hydroxyl groups is 2. The van der Waals surface area contributed by atoms with E-state index in [0.717, 1.165) is 42.0 Å². The third-order valence-corrected chi connectivity index (χ3v) is 9.21. The molecule has 2 aromatic rings. The number of benzene rings is 2. The van der Waals surface area contributed by atoms with Gasteiger partial charge in [0, 0.05) is 0 Å². The van der Waals surface area contributed by atoms with E-state index in [1.165, 1.54) is 6.42 Å². The molecule has 0 heterocycles. The van der Waals surface area contributed by atoms with Gasteiger partial charge in [0.2, 0.25) is 11.8 Å². The van der Waals surface area contributed by atoms with E-state index < -0.39 is 53.8 Å². The molecule has 9 heteroatoms. The Balaban J connectivity index is 1.84. The summed E-state index contributed by atoms with van der Waals surface area (Å²) in [4.78, 5) is 40.7. The number of amides is 3. The summed E-state index contributed by atoms with van der Waals surface area (Å²) < 4.78 is 5.48. The van der Waals surface area contributed by atoms with E-state index in [4.69, 9.17) is 4.74 Å². The number of hydrogen-bond donors (Lipinski definition) is 5. The summed E-state index contributed by atoms with van der Waals surface area (Å²) in [5.41, 5.74) is 0.180. The highest BCUT2D eigenvalue weighted by molar-refractivity contribution is 5.91. The average molecular weight is 654 g/mol. The van der Waals surface area contributed by atoms with Crippen molar-refractivity contribution < 1.29 is 29.3 Å². The molecule has 262 valence electrons. The molecule has 2 aromatic carbocycles. The Morgan fingerprint density at radius 3 is 2.17 bits per heavy atom. The molecule has 47 heavy (non-hydrogen) atoms. The number of carbonyl (C=O) groups excluding carboxylic acids is 3. The van der Waals surface area contributed by atoms with Gasteiger partial charge in [-0.05, 0) is 74.1 Å². The molecule has 1 saturated carbocycles. The fourth-order valence-electron chi connectivity index (χ4n) is 6.43. The fraction of sp³-hybridized carbons (Fsp3) is 0.658. The van der Waals surface area contributed by atoms with Crippen molar-refractivity contribution in [2.24, 2.45) is 17.8 Å². The first-order chi connectivity index (χ1) is 22.2. The highest BCUT2D eigenvalue weighted by Crippen LogP contribution is 2.28. The van der Waals surface area contributed by atoms with E-state index in [1.54, 1.807) is 20.8 Å². The van der Waals surface area contributed by atoms with E-state index in [1.807, 2.05) is 70.2 Å². The molecule has 5 N–H and O–H groups in total. The van der Waals surface area contributed by atoms with Gasteiger partial charge in [-0.25, -0.2) is 4.79 Å². The van der Waals surface area contributed by atoms with Gasteiger partial charge in [0.05, 0.1) is 12.1 Å². The molecule has 0 saturated heterocycles. The molecule has 1 aliphatic rings. The molecule has 1 unspecified atom stereocenters. The molecule has 3 rings (SSSR count). The molecule has 0 spiro atoms. The summed E-state index contributed by atoms with van der Waals surface area (Å²) in [6.45, 7) is 13.1. The standard InChI is InChI=1S/C38H59N3O6/c1-8-25(4)33(41-35(44)31(22-26-14-10-9-11-15-26)40-37(46)47-38(5,6)7)36(45)39-30(34(43)32(42)20-24(2)3)23-27-18-19-28-16-12-13-17-29(28)21-27/h12-13,16-19,21,24-26,30-34,42-43H,8-11,14-15,20,22-23H2,1-7H3,(H,39,45)(H,40,46)(H,41,44)/t25?,30-,31-,32-,33-,34+/m0/s1. The smallest absolute Gasteiger partial charge is 0.408 e. The van der Waals surface area contributed by atoms with E-state index in [9.17, 15) is 24.6 Å². The van der Waals surface area contributed by atoms with Gasteiger partial charge in [0.25, 0.3) is 0 Å². The van der Waals surface area contributed by atoms with Crippen LogP contribution >= 0.6 is 0 Å². The van der Waals surface area contributed by atoms with Crippen LogP contribution in [-0.4, -0.2) is 64.1 Å². The predicted molar refractivity (Wildman–Crippen MR) is 187 cm³/mol. The zero-order valence-corrected chi connectivity index (χ0v) is 29.6. The Morgan fingerprint density at radius 2 is 1.55 bits per heavy atom. The second kappa shape index (κ2) is 17.8. The van der Waals surface area contributed by atoms with Crippen LogP contribution in [0.3, 0.4) is 0 Å². The van der Waals surface area contributed by atoms with Gasteiger partial charge in [0.15, 0.2) is 0 Å². The fourth-order valence-corrected chi connectivity index (χ4v) is 6.43. The number of hydrogen-bond acceptors (Lipinski definition) is 6. The zero-order valence-electron chi connectivity index (χ0n) is 29.6. The van der Waals surface area contributed by atoms with Crippen LogP contribution in [-0.2, 0) is 20.7 Å². The quantitative estimate of drug-likeness (QED) is 0.159. The van der Waals surface area contributed by atoms with Gasteiger partial charge in [0.1, 0.15) is 23.8 Å². The van der Waals surface area contributed by atoms with Crippen LogP contribution in [0.2, 0.25) is 0 Å². The molecule has 3 amide bonds. The topological polar surface area (TPSA) is 137 Å². The molecule has 1 aliphatic carbocycles. The van der Waals surface area contributed by atoms with E-state index >= 15 is 0 Å².